The number of hydrogen-bond donors (Lipinski definition) is 2. The Bertz CT molecular complexity index is 1970. The molecule has 2 saturated heterocycles. The molecule has 3 fully saturated rings. The minimum absolute atomic E-state index is 0.105. The Labute approximate surface area is 259 Å². The molecule has 2 aromatic carbocycles. The smallest absolute Gasteiger partial charge is 0.229 e. The van der Waals surface area contributed by atoms with Crippen LogP contribution in [0.4, 0.5) is 5.69 Å². The number of quaternary nitrogens is 1. The third-order valence-electron chi connectivity index (χ3n) is 13.2. The first-order valence-corrected chi connectivity index (χ1v) is 16.9. The minimum Gasteiger partial charge on any atom is -0.388 e. The first-order valence-electron chi connectivity index (χ1n) is 16.9. The van der Waals surface area contributed by atoms with Gasteiger partial charge in [-0.05, 0) is 53.7 Å². The van der Waals surface area contributed by atoms with Gasteiger partial charge in [0.1, 0.15) is 18.3 Å². The second-order valence-corrected chi connectivity index (χ2v) is 14.8. The summed E-state index contributed by atoms with van der Waals surface area (Å²) >= 11 is 0. The highest BCUT2D eigenvalue weighted by molar-refractivity contribution is 5.91. The number of para-hydroxylation sites is 2. The number of benzene rings is 2. The number of aliphatic hydroxyl groups excluding tert-OH is 1. The number of pyridine rings is 1. The summed E-state index contributed by atoms with van der Waals surface area (Å²) in [5.41, 5.74) is 13.3. The average molecular weight is 583 g/mol. The summed E-state index contributed by atoms with van der Waals surface area (Å²) < 4.78 is 3.60. The van der Waals surface area contributed by atoms with Crippen molar-refractivity contribution in [3.05, 3.63) is 101 Å². The summed E-state index contributed by atoms with van der Waals surface area (Å²) in [5, 5.41) is 14.1. The summed E-state index contributed by atoms with van der Waals surface area (Å²) in [4.78, 5) is 6.43. The van der Waals surface area contributed by atoms with E-state index in [0.717, 1.165) is 36.0 Å². The topological polar surface area (TPSA) is 43.1 Å². The molecule has 6 aliphatic rings. The summed E-state index contributed by atoms with van der Waals surface area (Å²) in [6.07, 6.45) is 11.0. The number of aromatic amines is 1. The lowest BCUT2D eigenvalue weighted by atomic mass is 9.53. The van der Waals surface area contributed by atoms with Crippen LogP contribution in [0.15, 0.2) is 78.6 Å². The fourth-order valence-corrected chi connectivity index (χ4v) is 11.4. The molecule has 5 aliphatic heterocycles. The van der Waals surface area contributed by atoms with E-state index in [4.69, 9.17) is 0 Å². The molecule has 222 valence electrons. The van der Waals surface area contributed by atoms with E-state index in [1.54, 1.807) is 5.57 Å². The molecule has 4 aromatic rings. The van der Waals surface area contributed by atoms with Gasteiger partial charge in [-0.15, -0.1) is 0 Å². The molecule has 5 nitrogen and oxygen atoms in total. The number of nitrogens with one attached hydrogen (secondary N) is 1. The predicted octanol–water partition coefficient (Wildman–Crippen LogP) is 5.90. The number of aliphatic hydroxyl groups is 1. The van der Waals surface area contributed by atoms with Gasteiger partial charge in [-0.3, -0.25) is 0 Å². The quantitative estimate of drug-likeness (QED) is 0.176. The van der Waals surface area contributed by atoms with Crippen LogP contribution >= 0.6 is 0 Å². The SMILES string of the molecule is C/C=C1\C[N+]2(C)CC[C@]34c5ccccc5N5C=C(c6cc7[n+](cc6CC)CCc6c-7[nH]c7ccccc67)[C@H](O)[C@H]([C@H]53)[C@H]1C[C@@H]42. The van der Waals surface area contributed by atoms with Gasteiger partial charge >= 0.3 is 0 Å². The number of hydrogen-bond acceptors (Lipinski definition) is 2. The minimum atomic E-state index is -0.500. The summed E-state index contributed by atoms with van der Waals surface area (Å²) in [7, 11) is 2.52. The molecule has 1 aliphatic carbocycles. The Balaban J connectivity index is 1.20. The van der Waals surface area contributed by atoms with Crippen LogP contribution in [0.3, 0.4) is 0 Å². The molecule has 10 rings (SSSR count). The van der Waals surface area contributed by atoms with Crippen molar-refractivity contribution >= 4 is 22.2 Å². The number of aromatic nitrogens is 2. The maximum Gasteiger partial charge on any atom is 0.229 e. The molecule has 2 aromatic heterocycles. The largest absolute Gasteiger partial charge is 0.388 e. The van der Waals surface area contributed by atoms with Crippen LogP contribution in [-0.4, -0.2) is 52.9 Å². The van der Waals surface area contributed by atoms with Crippen LogP contribution in [0.5, 0.6) is 0 Å². The molecule has 0 radical (unpaired) electrons. The standard InChI is InChI=1S/C39H41N4O/c1-4-23-20-41-16-14-26-25-10-6-8-12-31(25)40-36(26)33(41)18-27(23)29-21-42-32-13-9-7-11-30(32)39-15-17-43(3)22-24(5-2)28(19-34(39)43)35(37(29)44)38(39)42/h5-13,18,20-21,28,34-35,37-38,44H,4,14-17,19,22H2,1-3H3/q+1/p+1/b24-5+/t28-,34-,35+,37-,38-,39+,43?/m0/s1. The maximum absolute atomic E-state index is 12.8. The Morgan fingerprint density at radius 2 is 2.00 bits per heavy atom. The molecule has 7 atom stereocenters. The Morgan fingerprint density at radius 1 is 1.16 bits per heavy atom. The number of allylic oxidation sites excluding steroid dienone is 1. The van der Waals surface area contributed by atoms with E-state index >= 15 is 0 Å². The van der Waals surface area contributed by atoms with Crippen LogP contribution in [0, 0.1) is 11.8 Å². The molecule has 1 unspecified atom stereocenters. The molecule has 7 heterocycles. The normalized spacial score (nSPS) is 34.9. The van der Waals surface area contributed by atoms with Crippen molar-refractivity contribution in [2.75, 3.05) is 25.0 Å². The van der Waals surface area contributed by atoms with Gasteiger partial charge in [0.05, 0.1) is 31.2 Å². The second kappa shape index (κ2) is 8.52. The van der Waals surface area contributed by atoms with E-state index < -0.39 is 6.10 Å². The zero-order valence-corrected chi connectivity index (χ0v) is 26.1. The number of piperidine rings is 1. The number of likely N-dealkylation sites (N-methyl/N-ethyl adjacent to an activating group) is 1. The first kappa shape index (κ1) is 25.6. The molecular formula is C39H42N4O+2. The molecular weight excluding hydrogens is 540 g/mol. The highest BCUT2D eigenvalue weighted by Crippen LogP contribution is 2.67. The van der Waals surface area contributed by atoms with Crippen molar-refractivity contribution in [3.63, 3.8) is 0 Å². The highest BCUT2D eigenvalue weighted by Gasteiger charge is 2.73. The molecule has 1 spiro atoms. The van der Waals surface area contributed by atoms with Gasteiger partial charge < -0.3 is 19.5 Å². The van der Waals surface area contributed by atoms with E-state index in [0.29, 0.717) is 18.0 Å². The fourth-order valence-electron chi connectivity index (χ4n) is 11.4. The zero-order chi connectivity index (χ0) is 29.5. The lowest BCUT2D eigenvalue weighted by molar-refractivity contribution is -0.925. The van der Waals surface area contributed by atoms with Crippen LogP contribution in [0.2, 0.25) is 0 Å². The third kappa shape index (κ3) is 2.92. The summed E-state index contributed by atoms with van der Waals surface area (Å²) in [6.45, 7) is 7.84. The molecule has 44 heavy (non-hydrogen) atoms. The van der Waals surface area contributed by atoms with Crippen LogP contribution in [-0.2, 0) is 24.8 Å². The van der Waals surface area contributed by atoms with Gasteiger partial charge in [0.2, 0.25) is 5.69 Å². The third-order valence-corrected chi connectivity index (χ3v) is 13.2. The summed E-state index contributed by atoms with van der Waals surface area (Å²) in [6, 6.07) is 21.3. The van der Waals surface area contributed by atoms with Gasteiger partial charge in [-0.25, -0.2) is 0 Å². The predicted molar refractivity (Wildman–Crippen MR) is 175 cm³/mol. The van der Waals surface area contributed by atoms with Crippen molar-refractivity contribution < 1.29 is 14.2 Å². The van der Waals surface area contributed by atoms with Crippen molar-refractivity contribution in [1.29, 1.82) is 0 Å². The molecule has 1 saturated carbocycles. The van der Waals surface area contributed by atoms with E-state index in [9.17, 15) is 5.11 Å². The number of nitrogens with zero attached hydrogens (tertiary/aromatic N) is 3. The Morgan fingerprint density at radius 3 is 2.86 bits per heavy atom. The van der Waals surface area contributed by atoms with E-state index in [1.165, 1.54) is 69.6 Å². The van der Waals surface area contributed by atoms with Crippen LogP contribution in [0.1, 0.15) is 48.9 Å². The Hall–Kier alpha value is -3.67. The van der Waals surface area contributed by atoms with Crippen molar-refractivity contribution in [1.82, 2.24) is 4.98 Å². The zero-order valence-electron chi connectivity index (χ0n) is 26.1. The average Bonchev–Trinajstić information content (AvgIpc) is 3.69. The van der Waals surface area contributed by atoms with Gasteiger partial charge in [0, 0.05) is 65.2 Å². The van der Waals surface area contributed by atoms with Crippen LogP contribution < -0.4 is 9.47 Å². The molecule has 2 bridgehead atoms. The Kier molecular flexibility index (Phi) is 4.97. The number of aryl methyl sites for hydroxylation is 3. The highest BCUT2D eigenvalue weighted by atomic mass is 16.3. The van der Waals surface area contributed by atoms with E-state index in [2.05, 4.69) is 108 Å². The van der Waals surface area contributed by atoms with Gasteiger partial charge in [0.15, 0.2) is 12.7 Å². The first-order chi connectivity index (χ1) is 21.5. The number of fused-ring (bicyclic) bond motifs is 9. The lowest BCUT2D eigenvalue weighted by Crippen LogP contribution is -2.70. The van der Waals surface area contributed by atoms with Crippen molar-refractivity contribution in [2.24, 2.45) is 11.8 Å². The molecule has 0 amide bonds. The van der Waals surface area contributed by atoms with Crippen LogP contribution in [0.25, 0.3) is 27.9 Å². The number of H-pyrrole nitrogens is 1. The monoisotopic (exact) mass is 582 g/mol. The number of rotatable bonds is 2. The van der Waals surface area contributed by atoms with Crippen molar-refractivity contribution in [3.8, 4) is 11.4 Å². The van der Waals surface area contributed by atoms with Crippen molar-refractivity contribution in [2.45, 2.75) is 69.7 Å². The number of anilines is 1. The maximum atomic E-state index is 12.8. The van der Waals surface area contributed by atoms with E-state index in [-0.39, 0.29) is 11.3 Å². The fraction of sp³-hybridized carbons (Fsp3) is 0.410. The van der Waals surface area contributed by atoms with Gasteiger partial charge in [-0.2, -0.15) is 4.57 Å². The van der Waals surface area contributed by atoms with Gasteiger partial charge in [-0.1, -0.05) is 49.4 Å². The van der Waals surface area contributed by atoms with Gasteiger partial charge in [0.25, 0.3) is 0 Å². The second-order valence-electron chi connectivity index (χ2n) is 14.8. The molecule has 2 N–H and O–H groups in total. The molecule has 5 heteroatoms. The van der Waals surface area contributed by atoms with E-state index in [1.807, 2.05) is 0 Å². The summed E-state index contributed by atoms with van der Waals surface area (Å²) in [5.74, 6) is 0.592. The lowest BCUT2D eigenvalue weighted by Gasteiger charge is -2.59.